The van der Waals surface area contributed by atoms with Gasteiger partial charge in [-0.05, 0) is 31.6 Å². The van der Waals surface area contributed by atoms with Crippen molar-refractivity contribution in [3.63, 3.8) is 0 Å². The molecule has 4 heteroatoms. The first-order valence-electron chi connectivity index (χ1n) is 4.51. The van der Waals surface area contributed by atoms with Crippen LogP contribution in [0.3, 0.4) is 0 Å². The van der Waals surface area contributed by atoms with Gasteiger partial charge in [-0.15, -0.1) is 0 Å². The summed E-state index contributed by atoms with van der Waals surface area (Å²) in [4.78, 5) is 0. The second-order valence-corrected chi connectivity index (χ2v) is 5.67. The molecule has 0 aromatic rings. The molecule has 0 aromatic heterocycles. The highest BCUT2D eigenvalue weighted by Gasteiger charge is 2.40. The molecule has 0 bridgehead atoms. The normalized spacial score (nSPS) is 20.8. The zero-order chi connectivity index (χ0) is 9.24. The molecule has 1 N–H and O–H groups in total. The molecule has 3 nitrogen and oxygen atoms in total. The van der Waals surface area contributed by atoms with Gasteiger partial charge in [0.2, 0.25) is 10.0 Å². The van der Waals surface area contributed by atoms with Crippen LogP contribution in [0.2, 0.25) is 0 Å². The van der Waals surface area contributed by atoms with Crippen LogP contribution in [0.1, 0.15) is 33.1 Å². The highest BCUT2D eigenvalue weighted by Crippen LogP contribution is 2.47. The Bertz CT molecular complexity index is 242. The molecule has 1 aliphatic carbocycles. The quantitative estimate of drug-likeness (QED) is 0.707. The lowest BCUT2D eigenvalue weighted by atomic mass is 10.1. The van der Waals surface area contributed by atoms with Crippen molar-refractivity contribution in [3.05, 3.63) is 0 Å². The number of sulfonamides is 1. The van der Waals surface area contributed by atoms with Crippen molar-refractivity contribution in [1.29, 1.82) is 0 Å². The highest BCUT2D eigenvalue weighted by atomic mass is 32.2. The second kappa shape index (κ2) is 3.34. The van der Waals surface area contributed by atoms with Gasteiger partial charge < -0.3 is 0 Å². The molecule has 0 aliphatic heterocycles. The smallest absolute Gasteiger partial charge is 0.211 e. The van der Waals surface area contributed by atoms with E-state index in [9.17, 15) is 8.42 Å². The van der Waals surface area contributed by atoms with Crippen molar-refractivity contribution in [2.45, 2.75) is 33.1 Å². The van der Waals surface area contributed by atoms with Gasteiger partial charge >= 0.3 is 0 Å². The Morgan fingerprint density at radius 1 is 1.33 bits per heavy atom. The maximum Gasteiger partial charge on any atom is 0.211 e. The predicted octanol–water partition coefficient (Wildman–Crippen LogP) is 1.12. The minimum atomic E-state index is -2.97. The SMILES string of the molecule is CCC1(CNS(=O)(=O)CC)CC1. The van der Waals surface area contributed by atoms with Gasteiger partial charge in [0.1, 0.15) is 0 Å². The van der Waals surface area contributed by atoms with Gasteiger partial charge in [0, 0.05) is 6.54 Å². The summed E-state index contributed by atoms with van der Waals surface area (Å²) in [6, 6.07) is 0. The molecule has 0 heterocycles. The number of rotatable bonds is 5. The van der Waals surface area contributed by atoms with E-state index in [0.717, 1.165) is 6.42 Å². The fraction of sp³-hybridized carbons (Fsp3) is 1.00. The van der Waals surface area contributed by atoms with Crippen LogP contribution >= 0.6 is 0 Å². The maximum absolute atomic E-state index is 11.1. The molecule has 12 heavy (non-hydrogen) atoms. The molecule has 0 radical (unpaired) electrons. The Hall–Kier alpha value is -0.0900. The minimum Gasteiger partial charge on any atom is -0.215 e. The molecule has 1 rings (SSSR count). The summed E-state index contributed by atoms with van der Waals surface area (Å²) in [6.07, 6.45) is 3.44. The van der Waals surface area contributed by atoms with E-state index in [2.05, 4.69) is 11.6 Å². The summed E-state index contributed by atoms with van der Waals surface area (Å²) in [5.74, 6) is 0.187. The molecule has 0 spiro atoms. The molecule has 1 fully saturated rings. The van der Waals surface area contributed by atoms with E-state index < -0.39 is 10.0 Å². The topological polar surface area (TPSA) is 46.2 Å². The van der Waals surface area contributed by atoms with Crippen LogP contribution < -0.4 is 4.72 Å². The number of hydrogen-bond donors (Lipinski definition) is 1. The van der Waals surface area contributed by atoms with E-state index in [1.807, 2.05) is 0 Å². The standard InChI is InChI=1S/C8H17NO2S/c1-3-8(5-6-8)7-9-12(10,11)4-2/h9H,3-7H2,1-2H3. The number of hydrogen-bond acceptors (Lipinski definition) is 2. The third-order valence-corrected chi connectivity index (χ3v) is 4.10. The molecule has 1 aliphatic rings. The average molecular weight is 191 g/mol. The van der Waals surface area contributed by atoms with Crippen LogP contribution in [-0.2, 0) is 10.0 Å². The van der Waals surface area contributed by atoms with Crippen LogP contribution in [0.25, 0.3) is 0 Å². The van der Waals surface area contributed by atoms with Crippen LogP contribution in [0, 0.1) is 5.41 Å². The zero-order valence-corrected chi connectivity index (χ0v) is 8.58. The fourth-order valence-corrected chi connectivity index (χ4v) is 1.93. The Morgan fingerprint density at radius 2 is 1.92 bits per heavy atom. The molecule has 72 valence electrons. The summed E-state index contributed by atoms with van der Waals surface area (Å²) < 4.78 is 24.8. The molecule has 0 unspecified atom stereocenters. The summed E-state index contributed by atoms with van der Waals surface area (Å²) in [5, 5.41) is 0. The van der Waals surface area contributed by atoms with Crippen LogP contribution in [0.15, 0.2) is 0 Å². The van der Waals surface area contributed by atoms with Crippen LogP contribution in [-0.4, -0.2) is 20.7 Å². The van der Waals surface area contributed by atoms with Gasteiger partial charge in [-0.1, -0.05) is 6.92 Å². The fourth-order valence-electron chi connectivity index (χ4n) is 1.20. The Labute approximate surface area is 74.6 Å². The minimum absolute atomic E-state index is 0.187. The largest absolute Gasteiger partial charge is 0.215 e. The van der Waals surface area contributed by atoms with Crippen LogP contribution in [0.4, 0.5) is 0 Å². The van der Waals surface area contributed by atoms with E-state index >= 15 is 0 Å². The summed E-state index contributed by atoms with van der Waals surface area (Å²) in [5.41, 5.74) is 0.308. The molecule has 1 saturated carbocycles. The first-order valence-corrected chi connectivity index (χ1v) is 6.16. The molecule has 0 atom stereocenters. The van der Waals surface area contributed by atoms with E-state index in [1.165, 1.54) is 12.8 Å². The Morgan fingerprint density at radius 3 is 2.25 bits per heavy atom. The lowest BCUT2D eigenvalue weighted by Crippen LogP contribution is -2.31. The zero-order valence-electron chi connectivity index (χ0n) is 7.76. The van der Waals surface area contributed by atoms with Crippen molar-refractivity contribution in [2.75, 3.05) is 12.3 Å². The lowest BCUT2D eigenvalue weighted by molar-refractivity contribution is 0.476. The van der Waals surface area contributed by atoms with Crippen molar-refractivity contribution in [3.8, 4) is 0 Å². The predicted molar refractivity (Wildman–Crippen MR) is 49.4 cm³/mol. The Kier molecular flexibility index (Phi) is 2.78. The van der Waals surface area contributed by atoms with Crippen molar-refractivity contribution < 1.29 is 8.42 Å². The van der Waals surface area contributed by atoms with Gasteiger partial charge in [0.15, 0.2) is 0 Å². The monoisotopic (exact) mass is 191 g/mol. The molecular weight excluding hydrogens is 174 g/mol. The van der Waals surface area contributed by atoms with E-state index in [0.29, 0.717) is 12.0 Å². The van der Waals surface area contributed by atoms with Crippen molar-refractivity contribution >= 4 is 10.0 Å². The van der Waals surface area contributed by atoms with E-state index in [-0.39, 0.29) is 5.75 Å². The first kappa shape index (κ1) is 9.99. The first-order chi connectivity index (χ1) is 5.54. The van der Waals surface area contributed by atoms with E-state index in [1.54, 1.807) is 6.92 Å². The molecule has 0 aromatic carbocycles. The summed E-state index contributed by atoms with van der Waals surface area (Å²) in [7, 11) is -2.97. The third kappa shape index (κ3) is 2.45. The van der Waals surface area contributed by atoms with Gasteiger partial charge in [-0.2, -0.15) is 0 Å². The highest BCUT2D eigenvalue weighted by molar-refractivity contribution is 7.89. The molecule has 0 saturated heterocycles. The maximum atomic E-state index is 11.1. The Balaban J connectivity index is 2.35. The van der Waals surface area contributed by atoms with Crippen molar-refractivity contribution in [1.82, 2.24) is 4.72 Å². The lowest BCUT2D eigenvalue weighted by Gasteiger charge is -2.12. The summed E-state index contributed by atoms with van der Waals surface area (Å²) >= 11 is 0. The average Bonchev–Trinajstić information content (AvgIpc) is 2.82. The molecule has 0 amide bonds. The van der Waals surface area contributed by atoms with Gasteiger partial charge in [-0.25, -0.2) is 13.1 Å². The van der Waals surface area contributed by atoms with Gasteiger partial charge in [-0.3, -0.25) is 0 Å². The van der Waals surface area contributed by atoms with E-state index in [4.69, 9.17) is 0 Å². The van der Waals surface area contributed by atoms with Gasteiger partial charge in [0.05, 0.1) is 5.75 Å². The number of nitrogens with one attached hydrogen (secondary N) is 1. The summed E-state index contributed by atoms with van der Waals surface area (Å²) in [6.45, 7) is 4.42. The van der Waals surface area contributed by atoms with Crippen molar-refractivity contribution in [2.24, 2.45) is 5.41 Å². The molecular formula is C8H17NO2S. The third-order valence-electron chi connectivity index (χ3n) is 2.75. The second-order valence-electron chi connectivity index (χ2n) is 3.58. The van der Waals surface area contributed by atoms with Gasteiger partial charge in [0.25, 0.3) is 0 Å². The van der Waals surface area contributed by atoms with Crippen LogP contribution in [0.5, 0.6) is 0 Å².